The summed E-state index contributed by atoms with van der Waals surface area (Å²) in [7, 11) is 0. The number of nitrogens with zero attached hydrogens (tertiary/aromatic N) is 2. The molecule has 1 rings (SSSR count). The third-order valence-corrected chi connectivity index (χ3v) is 3.82. The smallest absolute Gasteiger partial charge is 0.221 e. The monoisotopic (exact) mass is 271 g/mol. The summed E-state index contributed by atoms with van der Waals surface area (Å²) < 4.78 is 5.47. The molecule has 1 N–H and O–H groups in total. The maximum Gasteiger partial charge on any atom is 0.221 e. The molecular weight excluding hydrogens is 250 g/mol. The standard InChI is InChI=1S/C13H22ClN3O/c1-5-13(6-2,8-14)17-11-10(4)12(18-7-3)16-9-15-11/h9H,5-8H2,1-4H3,(H,15,16,17). The fourth-order valence-electron chi connectivity index (χ4n) is 1.74. The van der Waals surface area contributed by atoms with Gasteiger partial charge in [0.25, 0.3) is 0 Å². The maximum atomic E-state index is 6.09. The molecule has 102 valence electrons. The molecule has 0 bridgehead atoms. The highest BCUT2D eigenvalue weighted by Gasteiger charge is 2.26. The van der Waals surface area contributed by atoms with Gasteiger partial charge in [0.05, 0.1) is 17.7 Å². The van der Waals surface area contributed by atoms with E-state index in [0.29, 0.717) is 18.4 Å². The predicted octanol–water partition coefficient (Wildman–Crippen LogP) is 3.39. The van der Waals surface area contributed by atoms with Crippen molar-refractivity contribution in [3.05, 3.63) is 11.9 Å². The Labute approximate surface area is 114 Å². The minimum atomic E-state index is -0.121. The molecule has 4 nitrogen and oxygen atoms in total. The number of ether oxygens (including phenoxy) is 1. The Balaban J connectivity index is 2.99. The second kappa shape index (κ2) is 6.78. The Kier molecular flexibility index (Phi) is 5.66. The number of alkyl halides is 1. The molecule has 1 heterocycles. The molecule has 0 saturated carbocycles. The van der Waals surface area contributed by atoms with E-state index in [1.807, 2.05) is 13.8 Å². The van der Waals surface area contributed by atoms with Crippen molar-refractivity contribution in [2.75, 3.05) is 17.8 Å². The summed E-state index contributed by atoms with van der Waals surface area (Å²) in [4.78, 5) is 8.42. The molecule has 0 aromatic carbocycles. The highest BCUT2D eigenvalue weighted by molar-refractivity contribution is 6.18. The molecule has 1 aromatic heterocycles. The van der Waals surface area contributed by atoms with Crippen molar-refractivity contribution < 1.29 is 4.74 Å². The summed E-state index contributed by atoms with van der Waals surface area (Å²) in [6.07, 6.45) is 3.41. The van der Waals surface area contributed by atoms with Crippen molar-refractivity contribution in [1.29, 1.82) is 0 Å². The first-order valence-electron chi connectivity index (χ1n) is 6.41. The van der Waals surface area contributed by atoms with Crippen molar-refractivity contribution in [3.63, 3.8) is 0 Å². The molecule has 1 aromatic rings. The number of hydrogen-bond acceptors (Lipinski definition) is 4. The lowest BCUT2D eigenvalue weighted by molar-refractivity contribution is 0.323. The first-order valence-corrected chi connectivity index (χ1v) is 6.94. The van der Waals surface area contributed by atoms with E-state index >= 15 is 0 Å². The average molecular weight is 272 g/mol. The van der Waals surface area contributed by atoms with Gasteiger partial charge in [-0.3, -0.25) is 0 Å². The highest BCUT2D eigenvalue weighted by atomic mass is 35.5. The summed E-state index contributed by atoms with van der Waals surface area (Å²) in [5.41, 5.74) is 0.806. The van der Waals surface area contributed by atoms with Crippen LogP contribution in [0.1, 0.15) is 39.2 Å². The van der Waals surface area contributed by atoms with Crippen LogP contribution >= 0.6 is 11.6 Å². The lowest BCUT2D eigenvalue weighted by atomic mass is 9.95. The van der Waals surface area contributed by atoms with Crippen LogP contribution in [0.5, 0.6) is 5.88 Å². The molecule has 18 heavy (non-hydrogen) atoms. The number of rotatable bonds is 7. The van der Waals surface area contributed by atoms with Crippen LogP contribution in [-0.2, 0) is 0 Å². The van der Waals surface area contributed by atoms with Crippen LogP contribution in [0, 0.1) is 6.92 Å². The zero-order valence-electron chi connectivity index (χ0n) is 11.6. The Morgan fingerprint density at radius 1 is 1.28 bits per heavy atom. The summed E-state index contributed by atoms with van der Waals surface area (Å²) in [6, 6.07) is 0. The molecule has 0 aliphatic carbocycles. The lowest BCUT2D eigenvalue weighted by Crippen LogP contribution is -2.39. The number of hydrogen-bond donors (Lipinski definition) is 1. The van der Waals surface area contributed by atoms with E-state index in [-0.39, 0.29) is 5.54 Å². The summed E-state index contributed by atoms with van der Waals surface area (Å²) >= 11 is 6.09. The van der Waals surface area contributed by atoms with E-state index in [1.54, 1.807) is 0 Å². The summed E-state index contributed by atoms with van der Waals surface area (Å²) in [5.74, 6) is 1.98. The zero-order valence-corrected chi connectivity index (χ0v) is 12.3. The van der Waals surface area contributed by atoms with E-state index in [9.17, 15) is 0 Å². The normalized spacial score (nSPS) is 11.4. The molecule has 0 atom stereocenters. The number of halogens is 1. The first-order chi connectivity index (χ1) is 8.62. The number of nitrogens with one attached hydrogen (secondary N) is 1. The fourth-order valence-corrected chi connectivity index (χ4v) is 2.19. The zero-order chi connectivity index (χ0) is 13.6. The average Bonchev–Trinajstić information content (AvgIpc) is 2.41. The molecule has 0 radical (unpaired) electrons. The third kappa shape index (κ3) is 3.25. The van der Waals surface area contributed by atoms with Gasteiger partial charge in [-0.05, 0) is 26.7 Å². The van der Waals surface area contributed by atoms with Gasteiger partial charge in [0.15, 0.2) is 0 Å². The van der Waals surface area contributed by atoms with Gasteiger partial charge < -0.3 is 10.1 Å². The molecule has 0 aliphatic heterocycles. The van der Waals surface area contributed by atoms with Gasteiger partial charge in [0, 0.05) is 5.88 Å². The largest absolute Gasteiger partial charge is 0.478 e. The molecule has 0 unspecified atom stereocenters. The van der Waals surface area contributed by atoms with Gasteiger partial charge in [0.2, 0.25) is 5.88 Å². The van der Waals surface area contributed by atoms with Crippen molar-refractivity contribution in [2.24, 2.45) is 0 Å². The fraction of sp³-hybridized carbons (Fsp3) is 0.692. The van der Waals surface area contributed by atoms with Crippen LogP contribution < -0.4 is 10.1 Å². The molecule has 5 heteroatoms. The molecule has 0 aliphatic rings. The second-order valence-electron chi connectivity index (χ2n) is 4.33. The number of anilines is 1. The van der Waals surface area contributed by atoms with Crippen LogP contribution in [0.2, 0.25) is 0 Å². The Hall–Kier alpha value is -1.03. The Morgan fingerprint density at radius 3 is 2.44 bits per heavy atom. The van der Waals surface area contributed by atoms with Crippen LogP contribution in [0.15, 0.2) is 6.33 Å². The maximum absolute atomic E-state index is 6.09. The molecule has 0 spiro atoms. The van der Waals surface area contributed by atoms with Crippen LogP contribution in [-0.4, -0.2) is 28.0 Å². The van der Waals surface area contributed by atoms with Crippen molar-refractivity contribution in [3.8, 4) is 5.88 Å². The third-order valence-electron chi connectivity index (χ3n) is 3.31. The topological polar surface area (TPSA) is 47.0 Å². The van der Waals surface area contributed by atoms with Gasteiger partial charge in [-0.25, -0.2) is 9.97 Å². The molecule has 0 amide bonds. The van der Waals surface area contributed by atoms with E-state index in [1.165, 1.54) is 6.33 Å². The van der Waals surface area contributed by atoms with Crippen molar-refractivity contribution in [2.45, 2.75) is 46.1 Å². The van der Waals surface area contributed by atoms with Gasteiger partial charge >= 0.3 is 0 Å². The first kappa shape index (κ1) is 15.0. The van der Waals surface area contributed by atoms with Crippen molar-refractivity contribution in [1.82, 2.24) is 9.97 Å². The van der Waals surface area contributed by atoms with Gasteiger partial charge in [-0.15, -0.1) is 11.6 Å². The van der Waals surface area contributed by atoms with Crippen LogP contribution in [0.3, 0.4) is 0 Å². The van der Waals surface area contributed by atoms with Crippen LogP contribution in [0.4, 0.5) is 5.82 Å². The van der Waals surface area contributed by atoms with E-state index in [0.717, 1.165) is 24.2 Å². The quantitative estimate of drug-likeness (QED) is 0.772. The Morgan fingerprint density at radius 2 is 1.94 bits per heavy atom. The molecule has 0 fully saturated rings. The Bertz CT molecular complexity index is 372. The predicted molar refractivity (Wildman–Crippen MR) is 75.6 cm³/mol. The van der Waals surface area contributed by atoms with Crippen LogP contribution in [0.25, 0.3) is 0 Å². The van der Waals surface area contributed by atoms with Crippen molar-refractivity contribution >= 4 is 17.4 Å². The molecular formula is C13H22ClN3O. The minimum absolute atomic E-state index is 0.121. The van der Waals surface area contributed by atoms with Gasteiger partial charge in [-0.1, -0.05) is 13.8 Å². The SMILES string of the molecule is CCOc1ncnc(NC(CC)(CC)CCl)c1C. The summed E-state index contributed by atoms with van der Waals surface area (Å²) in [5, 5.41) is 3.45. The van der Waals surface area contributed by atoms with E-state index in [2.05, 4.69) is 29.1 Å². The van der Waals surface area contributed by atoms with Gasteiger partial charge in [0.1, 0.15) is 12.1 Å². The summed E-state index contributed by atoms with van der Waals surface area (Å²) in [6.45, 7) is 8.74. The second-order valence-corrected chi connectivity index (χ2v) is 4.60. The highest BCUT2D eigenvalue weighted by Crippen LogP contribution is 2.27. The van der Waals surface area contributed by atoms with E-state index < -0.39 is 0 Å². The van der Waals surface area contributed by atoms with E-state index in [4.69, 9.17) is 16.3 Å². The number of aromatic nitrogens is 2. The van der Waals surface area contributed by atoms with Gasteiger partial charge in [-0.2, -0.15) is 0 Å². The minimum Gasteiger partial charge on any atom is -0.478 e. The lowest BCUT2D eigenvalue weighted by Gasteiger charge is -2.31. The molecule has 0 saturated heterocycles.